The summed E-state index contributed by atoms with van der Waals surface area (Å²) in [6.45, 7) is 0. The van der Waals surface area contributed by atoms with Crippen molar-refractivity contribution >= 4 is 17.0 Å². The first kappa shape index (κ1) is 20.3. The van der Waals surface area contributed by atoms with Crippen LogP contribution >= 0.6 is 0 Å². The van der Waals surface area contributed by atoms with E-state index >= 15 is 0 Å². The first-order valence-electron chi connectivity index (χ1n) is 9.87. The van der Waals surface area contributed by atoms with Gasteiger partial charge in [0.15, 0.2) is 5.71 Å². The molecule has 2 aromatic carbocycles. The van der Waals surface area contributed by atoms with Gasteiger partial charge in [-0.1, -0.05) is 66.8 Å². The molecule has 2 aromatic rings. The molecule has 0 radical (unpaired) electrons. The third-order valence-corrected chi connectivity index (χ3v) is 4.85. The second-order valence-corrected chi connectivity index (χ2v) is 7.43. The van der Waals surface area contributed by atoms with Gasteiger partial charge in [-0.15, -0.1) is 0 Å². The minimum absolute atomic E-state index is 1.19. The minimum Gasteiger partial charge on any atom is -0.378 e. The van der Waals surface area contributed by atoms with Crippen LogP contribution in [0.4, 0.5) is 5.69 Å². The summed E-state index contributed by atoms with van der Waals surface area (Å²) in [5, 5.41) is 0. The van der Waals surface area contributed by atoms with Crippen LogP contribution in [-0.2, 0) is 0 Å². The molecule has 1 aliphatic carbocycles. The molecular weight excluding hydrogens is 352 g/mol. The molecule has 0 aromatic heterocycles. The third-order valence-electron chi connectivity index (χ3n) is 4.85. The van der Waals surface area contributed by atoms with Crippen molar-refractivity contribution in [2.45, 2.75) is 0 Å². The highest BCUT2D eigenvalue weighted by atomic mass is 15.1. The van der Waals surface area contributed by atoms with Gasteiger partial charge < -0.3 is 4.90 Å². The maximum atomic E-state index is 2.19. The SMILES string of the molecule is CN(C)c1ccc(C(=CC=CC=C2C=CC(=[N+](C)C)C=C2)c2ccccc2)cc1. The lowest BCUT2D eigenvalue weighted by molar-refractivity contribution is -0.462. The molecule has 0 N–H and O–H groups in total. The maximum Gasteiger partial charge on any atom is 0.199 e. The summed E-state index contributed by atoms with van der Waals surface area (Å²) in [6.07, 6.45) is 17.1. The van der Waals surface area contributed by atoms with E-state index < -0.39 is 0 Å². The molecule has 0 amide bonds. The standard InChI is InChI=1S/C27H29N2/c1-28(2)25-18-14-22(15-19-25)10-8-9-13-27(23-11-6-5-7-12-23)24-16-20-26(21-17-24)29(3)4/h5-21H,1-4H3/q+1. The van der Waals surface area contributed by atoms with Gasteiger partial charge in [-0.25, -0.2) is 4.58 Å². The van der Waals surface area contributed by atoms with Gasteiger partial charge >= 0.3 is 0 Å². The first-order chi connectivity index (χ1) is 14.0. The van der Waals surface area contributed by atoms with Crippen LogP contribution in [0.2, 0.25) is 0 Å². The van der Waals surface area contributed by atoms with Crippen molar-refractivity contribution < 1.29 is 4.58 Å². The fraction of sp³-hybridized carbons (Fsp3) is 0.148. The number of allylic oxidation sites excluding steroid dienone is 9. The van der Waals surface area contributed by atoms with E-state index in [0.717, 1.165) is 0 Å². The Labute approximate surface area is 174 Å². The first-order valence-corrected chi connectivity index (χ1v) is 9.87. The van der Waals surface area contributed by atoms with Gasteiger partial charge in [-0.2, -0.15) is 0 Å². The molecule has 0 saturated heterocycles. The van der Waals surface area contributed by atoms with Crippen LogP contribution < -0.4 is 4.90 Å². The Balaban J connectivity index is 1.85. The number of benzene rings is 2. The van der Waals surface area contributed by atoms with Crippen molar-refractivity contribution in [3.8, 4) is 0 Å². The van der Waals surface area contributed by atoms with Crippen molar-refractivity contribution in [1.29, 1.82) is 0 Å². The Kier molecular flexibility index (Phi) is 6.80. The summed E-state index contributed by atoms with van der Waals surface area (Å²) >= 11 is 0. The fourth-order valence-corrected chi connectivity index (χ4v) is 3.12. The Bertz CT molecular complexity index is 990. The Morgan fingerprint density at radius 3 is 1.97 bits per heavy atom. The van der Waals surface area contributed by atoms with Gasteiger partial charge in [0.05, 0.1) is 0 Å². The molecule has 2 heteroatoms. The van der Waals surface area contributed by atoms with E-state index in [2.05, 4.69) is 141 Å². The van der Waals surface area contributed by atoms with Crippen molar-refractivity contribution in [1.82, 2.24) is 0 Å². The van der Waals surface area contributed by atoms with Crippen LogP contribution in [0.5, 0.6) is 0 Å². The molecule has 0 bridgehead atoms. The van der Waals surface area contributed by atoms with E-state index in [4.69, 9.17) is 0 Å². The third kappa shape index (κ3) is 5.55. The summed E-state index contributed by atoms with van der Waals surface area (Å²) in [5.74, 6) is 0. The Morgan fingerprint density at radius 2 is 1.38 bits per heavy atom. The molecule has 3 rings (SSSR count). The normalized spacial score (nSPS) is 13.9. The molecule has 146 valence electrons. The number of hydrogen-bond acceptors (Lipinski definition) is 1. The summed E-state index contributed by atoms with van der Waals surface area (Å²) in [7, 11) is 8.23. The minimum atomic E-state index is 1.19. The van der Waals surface area contributed by atoms with Gasteiger partial charge in [-0.3, -0.25) is 0 Å². The summed E-state index contributed by atoms with van der Waals surface area (Å²) in [5.41, 5.74) is 7.23. The molecular formula is C27H29N2+. The van der Waals surface area contributed by atoms with Gasteiger partial charge in [0, 0.05) is 31.9 Å². The summed E-state index contributed by atoms with van der Waals surface area (Å²) in [4.78, 5) is 2.12. The second kappa shape index (κ2) is 9.70. The topological polar surface area (TPSA) is 6.25 Å². The molecule has 1 aliphatic rings. The van der Waals surface area contributed by atoms with Crippen LogP contribution in [0.25, 0.3) is 5.57 Å². The van der Waals surface area contributed by atoms with Crippen LogP contribution in [0.1, 0.15) is 11.1 Å². The van der Waals surface area contributed by atoms with E-state index in [1.54, 1.807) is 0 Å². The lowest BCUT2D eigenvalue weighted by atomic mass is 9.97. The Hall–Kier alpha value is -3.39. The molecule has 0 fully saturated rings. The van der Waals surface area contributed by atoms with Gasteiger partial charge in [0.2, 0.25) is 0 Å². The van der Waals surface area contributed by atoms with E-state index in [0.29, 0.717) is 0 Å². The van der Waals surface area contributed by atoms with Crippen LogP contribution in [0.15, 0.2) is 109 Å². The van der Waals surface area contributed by atoms with Crippen LogP contribution in [-0.4, -0.2) is 38.5 Å². The highest BCUT2D eigenvalue weighted by Gasteiger charge is 2.05. The molecule has 29 heavy (non-hydrogen) atoms. The summed E-state index contributed by atoms with van der Waals surface area (Å²) in [6, 6.07) is 19.2. The van der Waals surface area contributed by atoms with Crippen molar-refractivity contribution in [2.24, 2.45) is 0 Å². The average molecular weight is 382 g/mol. The van der Waals surface area contributed by atoms with E-state index in [9.17, 15) is 0 Å². The predicted octanol–water partition coefficient (Wildman–Crippen LogP) is 5.51. The van der Waals surface area contributed by atoms with Gasteiger partial charge in [-0.05, 0) is 46.6 Å². The van der Waals surface area contributed by atoms with E-state index in [1.807, 2.05) is 0 Å². The van der Waals surface area contributed by atoms with Gasteiger partial charge in [0.1, 0.15) is 14.1 Å². The quantitative estimate of drug-likeness (QED) is 0.489. The number of hydrogen-bond donors (Lipinski definition) is 0. The summed E-state index contributed by atoms with van der Waals surface area (Å²) < 4.78 is 2.11. The average Bonchev–Trinajstić information content (AvgIpc) is 2.75. The van der Waals surface area contributed by atoms with Crippen molar-refractivity contribution in [3.05, 3.63) is 120 Å². The monoisotopic (exact) mass is 381 g/mol. The maximum absolute atomic E-state index is 2.19. The number of rotatable bonds is 5. The molecule has 0 saturated carbocycles. The predicted molar refractivity (Wildman–Crippen MR) is 127 cm³/mol. The van der Waals surface area contributed by atoms with Crippen LogP contribution in [0.3, 0.4) is 0 Å². The van der Waals surface area contributed by atoms with E-state index in [1.165, 1.54) is 33.7 Å². The lowest BCUT2D eigenvalue weighted by Gasteiger charge is -2.14. The van der Waals surface area contributed by atoms with Crippen molar-refractivity contribution in [2.75, 3.05) is 33.1 Å². The van der Waals surface area contributed by atoms with Gasteiger partial charge in [0.25, 0.3) is 0 Å². The molecule has 0 unspecified atom stereocenters. The van der Waals surface area contributed by atoms with E-state index in [-0.39, 0.29) is 0 Å². The smallest absolute Gasteiger partial charge is 0.199 e. The molecule has 0 aliphatic heterocycles. The molecule has 0 heterocycles. The second-order valence-electron chi connectivity index (χ2n) is 7.43. The van der Waals surface area contributed by atoms with Crippen LogP contribution in [0, 0.1) is 0 Å². The molecule has 2 nitrogen and oxygen atoms in total. The fourth-order valence-electron chi connectivity index (χ4n) is 3.12. The lowest BCUT2D eigenvalue weighted by Crippen LogP contribution is -2.09. The molecule has 0 atom stereocenters. The highest BCUT2D eigenvalue weighted by molar-refractivity contribution is 6.02. The molecule has 0 spiro atoms. The zero-order valence-corrected chi connectivity index (χ0v) is 17.7. The highest BCUT2D eigenvalue weighted by Crippen LogP contribution is 2.25. The largest absolute Gasteiger partial charge is 0.378 e. The van der Waals surface area contributed by atoms with Crippen molar-refractivity contribution in [3.63, 3.8) is 0 Å². The Morgan fingerprint density at radius 1 is 0.759 bits per heavy atom. The zero-order valence-electron chi connectivity index (χ0n) is 17.7. The number of nitrogens with zero attached hydrogens (tertiary/aromatic N) is 2. The zero-order chi connectivity index (χ0) is 20.6. The number of anilines is 1.